The maximum Gasteiger partial charge on any atom is 0.109 e. The summed E-state index contributed by atoms with van der Waals surface area (Å²) in [7, 11) is 0. The van der Waals surface area contributed by atoms with Crippen LogP contribution < -0.4 is 5.32 Å². The fourth-order valence-corrected chi connectivity index (χ4v) is 3.44. The molecule has 0 bridgehead atoms. The van der Waals surface area contributed by atoms with Crippen LogP contribution in [-0.4, -0.2) is 21.4 Å². The first kappa shape index (κ1) is 13.6. The molecule has 2 saturated carbocycles. The normalized spacial score (nSPS) is 30.2. The van der Waals surface area contributed by atoms with Crippen molar-refractivity contribution in [1.29, 1.82) is 5.26 Å². The molecule has 4 heteroatoms. The van der Waals surface area contributed by atoms with Gasteiger partial charge in [0.25, 0.3) is 0 Å². The van der Waals surface area contributed by atoms with Crippen LogP contribution in [0.4, 0.5) is 0 Å². The van der Waals surface area contributed by atoms with Gasteiger partial charge in [0.05, 0.1) is 17.8 Å². The first-order valence-electron chi connectivity index (χ1n) is 7.76. The molecular weight excluding hydrogens is 248 g/mol. The topological polar surface area (TPSA) is 53.6 Å². The van der Waals surface area contributed by atoms with Crippen molar-refractivity contribution < 1.29 is 0 Å². The molecule has 1 heterocycles. The van der Waals surface area contributed by atoms with Crippen LogP contribution in [0.5, 0.6) is 0 Å². The molecule has 2 unspecified atom stereocenters. The molecule has 0 spiro atoms. The lowest BCUT2D eigenvalue weighted by Gasteiger charge is -2.37. The summed E-state index contributed by atoms with van der Waals surface area (Å²) in [6.07, 6.45) is 6.57. The number of nitrogens with one attached hydrogen (secondary N) is 1. The van der Waals surface area contributed by atoms with E-state index in [2.05, 4.69) is 36.8 Å². The molecule has 2 fully saturated rings. The van der Waals surface area contributed by atoms with Crippen LogP contribution in [0, 0.1) is 32.1 Å². The SMILES string of the molecule is Cc1nn(C2CCCC(C#N)(NC3CC3)C2)c(C)c1C. The minimum absolute atomic E-state index is 0.329. The first-order chi connectivity index (χ1) is 9.54. The summed E-state index contributed by atoms with van der Waals surface area (Å²) in [4.78, 5) is 0. The summed E-state index contributed by atoms with van der Waals surface area (Å²) < 4.78 is 2.17. The highest BCUT2D eigenvalue weighted by atomic mass is 15.3. The van der Waals surface area contributed by atoms with Gasteiger partial charge in [-0.1, -0.05) is 0 Å². The Bertz CT molecular complexity index is 550. The van der Waals surface area contributed by atoms with Gasteiger partial charge in [-0.15, -0.1) is 0 Å². The van der Waals surface area contributed by atoms with Crippen molar-refractivity contribution in [2.24, 2.45) is 0 Å². The summed E-state index contributed by atoms with van der Waals surface area (Å²) in [6.45, 7) is 6.35. The van der Waals surface area contributed by atoms with Crippen molar-refractivity contribution >= 4 is 0 Å². The molecule has 4 nitrogen and oxygen atoms in total. The number of aryl methyl sites for hydroxylation is 1. The van der Waals surface area contributed by atoms with Crippen molar-refractivity contribution in [2.45, 2.75) is 76.9 Å². The molecule has 2 atom stereocenters. The van der Waals surface area contributed by atoms with Crippen LogP contribution in [0.2, 0.25) is 0 Å². The van der Waals surface area contributed by atoms with Crippen molar-refractivity contribution in [2.75, 3.05) is 0 Å². The van der Waals surface area contributed by atoms with Gasteiger partial charge in [-0.05, 0) is 58.4 Å². The third kappa shape index (κ3) is 2.35. The highest BCUT2D eigenvalue weighted by Gasteiger charge is 2.41. The Labute approximate surface area is 121 Å². The Balaban J connectivity index is 1.83. The van der Waals surface area contributed by atoms with Gasteiger partial charge in [0.2, 0.25) is 0 Å². The molecule has 1 aromatic heterocycles. The standard InChI is InChI=1S/C16H24N4/c1-11-12(2)19-20(13(11)3)15-5-4-8-16(9-15,10-17)18-14-6-7-14/h14-15,18H,4-9H2,1-3H3. The molecule has 0 amide bonds. The average molecular weight is 272 g/mol. The van der Waals surface area contributed by atoms with E-state index in [1.54, 1.807) is 0 Å². The van der Waals surface area contributed by atoms with Gasteiger partial charge in [-0.25, -0.2) is 0 Å². The summed E-state index contributed by atoms with van der Waals surface area (Å²) in [5, 5.41) is 18.0. The van der Waals surface area contributed by atoms with Gasteiger partial charge in [0.15, 0.2) is 0 Å². The molecular formula is C16H24N4. The highest BCUT2D eigenvalue weighted by molar-refractivity contribution is 5.23. The molecule has 1 aromatic rings. The zero-order chi connectivity index (χ0) is 14.3. The Morgan fingerprint density at radius 3 is 2.60 bits per heavy atom. The average Bonchev–Trinajstić information content (AvgIpc) is 3.22. The third-order valence-electron chi connectivity index (χ3n) is 5.03. The monoisotopic (exact) mass is 272 g/mol. The number of aromatic nitrogens is 2. The van der Waals surface area contributed by atoms with E-state index in [0.717, 1.165) is 31.4 Å². The van der Waals surface area contributed by atoms with Crippen LogP contribution in [0.1, 0.15) is 61.5 Å². The molecule has 0 aromatic carbocycles. The van der Waals surface area contributed by atoms with E-state index in [4.69, 9.17) is 5.10 Å². The van der Waals surface area contributed by atoms with Crippen LogP contribution in [-0.2, 0) is 0 Å². The fraction of sp³-hybridized carbons (Fsp3) is 0.750. The molecule has 20 heavy (non-hydrogen) atoms. The second-order valence-corrected chi connectivity index (χ2v) is 6.60. The zero-order valence-corrected chi connectivity index (χ0v) is 12.7. The van der Waals surface area contributed by atoms with Crippen molar-refractivity contribution in [3.05, 3.63) is 17.0 Å². The molecule has 2 aliphatic carbocycles. The van der Waals surface area contributed by atoms with Crippen LogP contribution in [0.3, 0.4) is 0 Å². The number of hydrogen-bond acceptors (Lipinski definition) is 3. The van der Waals surface area contributed by atoms with Gasteiger partial charge >= 0.3 is 0 Å². The summed E-state index contributed by atoms with van der Waals surface area (Å²) in [6, 6.07) is 3.52. The van der Waals surface area contributed by atoms with E-state index in [1.165, 1.54) is 24.1 Å². The van der Waals surface area contributed by atoms with E-state index >= 15 is 0 Å². The Morgan fingerprint density at radius 2 is 2.05 bits per heavy atom. The Morgan fingerprint density at radius 1 is 1.30 bits per heavy atom. The minimum atomic E-state index is -0.329. The highest BCUT2D eigenvalue weighted by Crippen LogP contribution is 2.38. The Hall–Kier alpha value is -1.34. The van der Waals surface area contributed by atoms with E-state index < -0.39 is 0 Å². The second kappa shape index (κ2) is 4.89. The maximum absolute atomic E-state index is 9.67. The zero-order valence-electron chi connectivity index (χ0n) is 12.7. The first-order valence-corrected chi connectivity index (χ1v) is 7.76. The second-order valence-electron chi connectivity index (χ2n) is 6.60. The van der Waals surface area contributed by atoms with Crippen LogP contribution in [0.15, 0.2) is 0 Å². The van der Waals surface area contributed by atoms with Gasteiger partial charge in [-0.2, -0.15) is 10.4 Å². The van der Waals surface area contributed by atoms with Gasteiger partial charge in [0, 0.05) is 18.2 Å². The minimum Gasteiger partial charge on any atom is -0.297 e. The molecule has 0 aliphatic heterocycles. The smallest absolute Gasteiger partial charge is 0.109 e. The largest absolute Gasteiger partial charge is 0.297 e. The molecule has 1 N–H and O–H groups in total. The summed E-state index contributed by atoms with van der Waals surface area (Å²) >= 11 is 0. The van der Waals surface area contributed by atoms with Gasteiger partial charge in [0.1, 0.15) is 5.54 Å². The number of nitriles is 1. The predicted octanol–water partition coefficient (Wildman–Crippen LogP) is 2.94. The summed E-state index contributed by atoms with van der Waals surface area (Å²) in [5.74, 6) is 0. The van der Waals surface area contributed by atoms with Gasteiger partial charge in [-0.3, -0.25) is 10.00 Å². The Kier molecular flexibility index (Phi) is 3.33. The summed E-state index contributed by atoms with van der Waals surface area (Å²) in [5.41, 5.74) is 3.33. The molecule has 0 radical (unpaired) electrons. The van der Waals surface area contributed by atoms with E-state index in [0.29, 0.717) is 12.1 Å². The lowest BCUT2D eigenvalue weighted by molar-refractivity contribution is 0.216. The molecule has 3 rings (SSSR count). The number of hydrogen-bond donors (Lipinski definition) is 1. The van der Waals surface area contributed by atoms with Gasteiger partial charge < -0.3 is 0 Å². The van der Waals surface area contributed by atoms with Crippen molar-refractivity contribution in [1.82, 2.24) is 15.1 Å². The third-order valence-corrected chi connectivity index (χ3v) is 5.03. The van der Waals surface area contributed by atoms with E-state index in [9.17, 15) is 5.26 Å². The lowest BCUT2D eigenvalue weighted by atomic mass is 9.79. The van der Waals surface area contributed by atoms with E-state index in [1.807, 2.05) is 0 Å². The van der Waals surface area contributed by atoms with Crippen LogP contribution in [0.25, 0.3) is 0 Å². The van der Waals surface area contributed by atoms with Crippen molar-refractivity contribution in [3.8, 4) is 6.07 Å². The molecule has 0 saturated heterocycles. The predicted molar refractivity (Wildman–Crippen MR) is 78.4 cm³/mol. The van der Waals surface area contributed by atoms with Crippen LogP contribution >= 0.6 is 0 Å². The maximum atomic E-state index is 9.67. The quantitative estimate of drug-likeness (QED) is 0.920. The van der Waals surface area contributed by atoms with Crippen molar-refractivity contribution in [3.63, 3.8) is 0 Å². The fourth-order valence-electron chi connectivity index (χ4n) is 3.44. The number of nitrogens with zero attached hydrogens (tertiary/aromatic N) is 3. The number of rotatable bonds is 3. The molecule has 2 aliphatic rings. The van der Waals surface area contributed by atoms with E-state index in [-0.39, 0.29) is 5.54 Å². The molecule has 108 valence electrons. The lowest BCUT2D eigenvalue weighted by Crippen LogP contribution is -2.49.